The Morgan fingerprint density at radius 1 is 1.36 bits per heavy atom. The Morgan fingerprint density at radius 3 is 2.21 bits per heavy atom. The van der Waals surface area contributed by atoms with E-state index in [1.165, 1.54) is 0 Å². The van der Waals surface area contributed by atoms with Gasteiger partial charge in [-0.3, -0.25) is 0 Å². The number of nitrogens with one attached hydrogen (secondary N) is 1. The number of sulfone groups is 1. The monoisotopic (exact) mass is 260 g/mol. The van der Waals surface area contributed by atoms with Crippen LogP contribution in [0.15, 0.2) is 0 Å². The van der Waals surface area contributed by atoms with Gasteiger partial charge < -0.3 is 5.73 Å². The Hall–Kier alpha value is -0.250. The Labute approximate surface area is 88.8 Å². The highest BCUT2D eigenvalue weighted by Gasteiger charge is 2.16. The van der Waals surface area contributed by atoms with Crippen molar-refractivity contribution in [2.24, 2.45) is 5.73 Å². The summed E-state index contributed by atoms with van der Waals surface area (Å²) in [5.41, 5.74) is 5.13. The Morgan fingerprint density at radius 2 is 1.86 bits per heavy atom. The molecule has 14 heavy (non-hydrogen) atoms. The van der Waals surface area contributed by atoms with Crippen LogP contribution in [0.1, 0.15) is 6.42 Å². The molecule has 0 aromatic heterocycles. The van der Waals surface area contributed by atoms with E-state index in [0.717, 1.165) is 6.26 Å². The molecular formula is C5H12N2O4S3. The van der Waals surface area contributed by atoms with Gasteiger partial charge in [-0.05, 0) is 0 Å². The molecule has 0 aliphatic rings. The standard InChI is InChI=1S/C5H12N2O4S3/c1-13(8,9)4-14(10,11)7-3-2-5(6)12/h7H,2-4H2,1H3,(H2,6,12). The van der Waals surface area contributed by atoms with Gasteiger partial charge in [-0.1, -0.05) is 12.2 Å². The molecule has 0 aromatic carbocycles. The van der Waals surface area contributed by atoms with E-state index in [-0.39, 0.29) is 18.0 Å². The summed E-state index contributed by atoms with van der Waals surface area (Å²) in [6.07, 6.45) is 1.05. The summed E-state index contributed by atoms with van der Waals surface area (Å²) in [5.74, 6) is 0. The van der Waals surface area contributed by atoms with Crippen LogP contribution in [0.2, 0.25) is 0 Å². The van der Waals surface area contributed by atoms with Crippen molar-refractivity contribution in [1.82, 2.24) is 4.72 Å². The van der Waals surface area contributed by atoms with Crippen LogP contribution in [0.25, 0.3) is 0 Å². The van der Waals surface area contributed by atoms with Gasteiger partial charge in [0.05, 0.1) is 4.99 Å². The summed E-state index contributed by atoms with van der Waals surface area (Å²) in [7, 11) is -7.34. The van der Waals surface area contributed by atoms with E-state index in [4.69, 9.17) is 5.73 Å². The SMILES string of the molecule is CS(=O)(=O)CS(=O)(=O)NCCC(N)=S. The van der Waals surface area contributed by atoms with Crippen molar-refractivity contribution in [1.29, 1.82) is 0 Å². The predicted molar refractivity (Wildman–Crippen MR) is 58.0 cm³/mol. The lowest BCUT2D eigenvalue weighted by Crippen LogP contribution is -2.32. The molecule has 84 valence electrons. The Kier molecular flexibility index (Phi) is 4.92. The minimum atomic E-state index is -3.79. The zero-order valence-electron chi connectivity index (χ0n) is 7.56. The molecule has 0 amide bonds. The third-order valence-corrected chi connectivity index (χ3v) is 4.86. The molecule has 0 fully saturated rings. The summed E-state index contributed by atoms with van der Waals surface area (Å²) in [5, 5.41) is -0.919. The van der Waals surface area contributed by atoms with Gasteiger partial charge in [-0.15, -0.1) is 0 Å². The van der Waals surface area contributed by atoms with Crippen molar-refractivity contribution < 1.29 is 16.8 Å². The van der Waals surface area contributed by atoms with Gasteiger partial charge in [0.25, 0.3) is 0 Å². The van der Waals surface area contributed by atoms with Gasteiger partial charge in [-0.25, -0.2) is 21.6 Å². The molecular weight excluding hydrogens is 248 g/mol. The molecule has 0 saturated carbocycles. The van der Waals surface area contributed by atoms with E-state index in [0.29, 0.717) is 0 Å². The molecule has 0 aliphatic heterocycles. The van der Waals surface area contributed by atoms with E-state index >= 15 is 0 Å². The fraction of sp³-hybridized carbons (Fsp3) is 0.800. The molecule has 0 aromatic rings. The number of hydrogen-bond donors (Lipinski definition) is 2. The van der Waals surface area contributed by atoms with Crippen molar-refractivity contribution in [3.05, 3.63) is 0 Å². The number of thiocarbonyl (C=S) groups is 1. The largest absolute Gasteiger partial charge is 0.393 e. The third kappa shape index (κ3) is 8.35. The second-order valence-electron chi connectivity index (χ2n) is 2.77. The summed E-state index contributed by atoms with van der Waals surface area (Å²) in [6.45, 7) is 0.0210. The molecule has 0 bridgehead atoms. The normalized spacial score (nSPS) is 12.6. The molecule has 6 nitrogen and oxygen atoms in total. The molecule has 0 radical (unpaired) electrons. The Bertz CT molecular complexity index is 397. The fourth-order valence-electron chi connectivity index (χ4n) is 0.653. The smallest absolute Gasteiger partial charge is 0.226 e. The number of rotatable bonds is 6. The predicted octanol–water partition coefficient (Wildman–Crippen LogP) is -1.42. The quantitative estimate of drug-likeness (QED) is 0.568. The molecule has 0 saturated heterocycles. The van der Waals surface area contributed by atoms with E-state index in [1.807, 2.05) is 0 Å². The lowest BCUT2D eigenvalue weighted by atomic mass is 10.4. The lowest BCUT2D eigenvalue weighted by Gasteiger charge is -2.04. The molecule has 9 heteroatoms. The highest BCUT2D eigenvalue weighted by Crippen LogP contribution is 1.92. The van der Waals surface area contributed by atoms with Gasteiger partial charge >= 0.3 is 0 Å². The van der Waals surface area contributed by atoms with Crippen molar-refractivity contribution in [3.63, 3.8) is 0 Å². The van der Waals surface area contributed by atoms with Crippen LogP contribution in [0, 0.1) is 0 Å². The number of hydrogen-bond acceptors (Lipinski definition) is 5. The van der Waals surface area contributed by atoms with Crippen molar-refractivity contribution in [2.75, 3.05) is 17.9 Å². The van der Waals surface area contributed by atoms with Crippen LogP contribution in [-0.4, -0.2) is 39.7 Å². The van der Waals surface area contributed by atoms with Crippen LogP contribution >= 0.6 is 12.2 Å². The van der Waals surface area contributed by atoms with Crippen molar-refractivity contribution in [2.45, 2.75) is 6.42 Å². The van der Waals surface area contributed by atoms with Crippen LogP contribution in [-0.2, 0) is 19.9 Å². The van der Waals surface area contributed by atoms with Gasteiger partial charge in [0.1, 0.15) is 0 Å². The molecule has 0 aliphatic carbocycles. The highest BCUT2D eigenvalue weighted by molar-refractivity contribution is 8.06. The first-order valence-electron chi connectivity index (χ1n) is 3.56. The van der Waals surface area contributed by atoms with Gasteiger partial charge in [-0.2, -0.15) is 0 Å². The average Bonchev–Trinajstić information content (AvgIpc) is 1.78. The molecule has 0 heterocycles. The first-order chi connectivity index (χ1) is 6.12. The third-order valence-electron chi connectivity index (χ3n) is 1.06. The maximum absolute atomic E-state index is 11.1. The van der Waals surface area contributed by atoms with Crippen LogP contribution < -0.4 is 10.5 Å². The minimum Gasteiger partial charge on any atom is -0.393 e. The van der Waals surface area contributed by atoms with Crippen LogP contribution in [0.5, 0.6) is 0 Å². The Balaban J connectivity index is 4.18. The number of nitrogens with two attached hydrogens (primary N) is 1. The zero-order chi connectivity index (χ0) is 11.4. The molecule has 0 atom stereocenters. The van der Waals surface area contributed by atoms with Crippen LogP contribution in [0.4, 0.5) is 0 Å². The van der Waals surface area contributed by atoms with Crippen molar-refractivity contribution >= 4 is 37.1 Å². The fourth-order valence-corrected chi connectivity index (χ4v) is 3.76. The van der Waals surface area contributed by atoms with Crippen molar-refractivity contribution in [3.8, 4) is 0 Å². The first-order valence-corrected chi connectivity index (χ1v) is 7.68. The van der Waals surface area contributed by atoms with E-state index in [9.17, 15) is 16.8 Å². The summed E-state index contributed by atoms with van der Waals surface area (Å²) in [4.78, 5) is 0.173. The average molecular weight is 260 g/mol. The van der Waals surface area contributed by atoms with Gasteiger partial charge in [0, 0.05) is 19.2 Å². The van der Waals surface area contributed by atoms with Gasteiger partial charge in [0.15, 0.2) is 14.9 Å². The maximum Gasteiger partial charge on any atom is 0.226 e. The molecule has 3 N–H and O–H groups in total. The molecule has 0 rings (SSSR count). The molecule has 0 unspecified atom stereocenters. The second-order valence-corrected chi connectivity index (χ2v) is 7.61. The second kappa shape index (κ2) is 5.01. The highest BCUT2D eigenvalue weighted by atomic mass is 32.3. The summed E-state index contributed by atoms with van der Waals surface area (Å²) < 4.78 is 45.5. The van der Waals surface area contributed by atoms with E-state index in [2.05, 4.69) is 16.9 Å². The zero-order valence-corrected chi connectivity index (χ0v) is 10.0. The van der Waals surface area contributed by atoms with E-state index in [1.54, 1.807) is 0 Å². The van der Waals surface area contributed by atoms with Crippen LogP contribution in [0.3, 0.4) is 0 Å². The maximum atomic E-state index is 11.1. The summed E-state index contributed by atoms with van der Waals surface area (Å²) in [6, 6.07) is 0. The van der Waals surface area contributed by atoms with Gasteiger partial charge in [0.2, 0.25) is 10.0 Å². The lowest BCUT2D eigenvalue weighted by molar-refractivity contribution is 0.582. The van der Waals surface area contributed by atoms with E-state index < -0.39 is 24.9 Å². The minimum absolute atomic E-state index is 0.0210. The molecule has 0 spiro atoms. The summed E-state index contributed by atoms with van der Waals surface area (Å²) >= 11 is 4.52. The topological polar surface area (TPSA) is 106 Å². The number of sulfonamides is 1. The first kappa shape index (κ1) is 13.8.